The summed E-state index contributed by atoms with van der Waals surface area (Å²) in [7, 11) is 0. The van der Waals surface area contributed by atoms with E-state index in [2.05, 4.69) is 15.4 Å². The third-order valence-electron chi connectivity index (χ3n) is 3.20. The van der Waals surface area contributed by atoms with Gasteiger partial charge in [0.1, 0.15) is 5.69 Å². The van der Waals surface area contributed by atoms with Crippen molar-refractivity contribution >= 4 is 28.2 Å². The van der Waals surface area contributed by atoms with Crippen LogP contribution in [0.1, 0.15) is 10.4 Å². The molecule has 6 heteroatoms. The van der Waals surface area contributed by atoms with E-state index in [1.165, 1.54) is 0 Å². The molecule has 104 valence electrons. The second-order valence-electron chi connectivity index (χ2n) is 4.48. The highest BCUT2D eigenvalue weighted by atomic mass is 16.3. The largest absolute Gasteiger partial charge is 0.493 e. The van der Waals surface area contributed by atoms with Crippen molar-refractivity contribution in [1.82, 2.24) is 4.98 Å². The maximum absolute atomic E-state index is 11.6. The fourth-order valence-corrected chi connectivity index (χ4v) is 2.23. The maximum atomic E-state index is 11.6. The quantitative estimate of drug-likeness (QED) is 0.549. The second-order valence-corrected chi connectivity index (χ2v) is 4.48. The predicted octanol–water partition coefficient (Wildman–Crippen LogP) is 3.79. The Morgan fingerprint density at radius 3 is 2.67 bits per heavy atom. The molecule has 2 aromatic carbocycles. The molecule has 0 saturated carbocycles. The van der Waals surface area contributed by atoms with Gasteiger partial charge in [-0.15, -0.1) is 5.11 Å². The number of carbonyl (C=O) groups is 1. The molecule has 0 aliphatic carbocycles. The van der Waals surface area contributed by atoms with E-state index in [4.69, 9.17) is 5.53 Å². The second kappa shape index (κ2) is 5.09. The number of amides is 1. The van der Waals surface area contributed by atoms with Crippen molar-refractivity contribution in [3.63, 3.8) is 0 Å². The van der Waals surface area contributed by atoms with Gasteiger partial charge < -0.3 is 15.4 Å². The van der Waals surface area contributed by atoms with Crippen LogP contribution in [0.3, 0.4) is 0 Å². The molecule has 0 saturated heterocycles. The third kappa shape index (κ3) is 2.23. The molecular weight excluding hydrogens is 268 g/mol. The van der Waals surface area contributed by atoms with Gasteiger partial charge >= 0.3 is 0 Å². The summed E-state index contributed by atoms with van der Waals surface area (Å²) >= 11 is 0. The molecule has 0 aliphatic heterocycles. The van der Waals surface area contributed by atoms with Crippen molar-refractivity contribution in [2.75, 3.05) is 5.32 Å². The smallest absolute Gasteiger partial charge is 0.296 e. The van der Waals surface area contributed by atoms with E-state index in [-0.39, 0.29) is 11.4 Å². The van der Waals surface area contributed by atoms with Crippen molar-refractivity contribution in [2.45, 2.75) is 0 Å². The Labute approximate surface area is 119 Å². The van der Waals surface area contributed by atoms with Gasteiger partial charge in [-0.2, -0.15) is 0 Å². The van der Waals surface area contributed by atoms with E-state index in [1.54, 1.807) is 24.3 Å². The molecule has 0 bridgehead atoms. The Kier molecular flexibility index (Phi) is 3.12. The number of nitrogens with one attached hydrogen (secondary N) is 3. The third-order valence-corrected chi connectivity index (χ3v) is 3.20. The molecule has 21 heavy (non-hydrogen) atoms. The van der Waals surface area contributed by atoms with Crippen LogP contribution < -0.4 is 5.32 Å². The summed E-state index contributed by atoms with van der Waals surface area (Å²) in [5, 5.41) is 16.8. The van der Waals surface area contributed by atoms with E-state index in [0.29, 0.717) is 11.4 Å². The number of hydrogen-bond donors (Lipinski definition) is 4. The number of nitrogens with zero attached hydrogens (tertiary/aromatic N) is 1. The number of aromatic hydroxyl groups is 1. The van der Waals surface area contributed by atoms with E-state index < -0.39 is 5.91 Å². The van der Waals surface area contributed by atoms with E-state index in [9.17, 15) is 9.90 Å². The first-order chi connectivity index (χ1) is 10.2. The monoisotopic (exact) mass is 280 g/mol. The lowest BCUT2D eigenvalue weighted by atomic mass is 10.1. The van der Waals surface area contributed by atoms with Crippen LogP contribution in [0.2, 0.25) is 0 Å². The summed E-state index contributed by atoms with van der Waals surface area (Å²) in [6.07, 6.45) is 0. The molecule has 0 unspecified atom stereocenters. The first kappa shape index (κ1) is 12.9. The number of carbonyl (C=O) groups excluding carboxylic acids is 1. The molecule has 1 heterocycles. The average Bonchev–Trinajstić information content (AvgIpc) is 2.83. The highest BCUT2D eigenvalue weighted by molar-refractivity contribution is 6.03. The molecule has 1 aromatic heterocycles. The summed E-state index contributed by atoms with van der Waals surface area (Å²) < 4.78 is 0. The van der Waals surface area contributed by atoms with Crippen LogP contribution in [0, 0.1) is 5.53 Å². The molecule has 0 spiro atoms. The number of benzene rings is 2. The van der Waals surface area contributed by atoms with Crippen LogP contribution >= 0.6 is 0 Å². The highest BCUT2D eigenvalue weighted by Gasteiger charge is 2.14. The molecule has 0 atom stereocenters. The minimum atomic E-state index is -0.641. The van der Waals surface area contributed by atoms with Crippen LogP contribution in [0.25, 0.3) is 10.9 Å². The van der Waals surface area contributed by atoms with Gasteiger partial charge in [-0.3, -0.25) is 4.79 Å². The minimum absolute atomic E-state index is 0.0127. The molecule has 6 nitrogen and oxygen atoms in total. The van der Waals surface area contributed by atoms with Crippen LogP contribution in [-0.2, 0) is 0 Å². The summed E-state index contributed by atoms with van der Waals surface area (Å²) in [5.74, 6) is -0.654. The number of anilines is 2. The zero-order valence-corrected chi connectivity index (χ0v) is 10.9. The van der Waals surface area contributed by atoms with Gasteiger partial charge in [-0.05, 0) is 18.2 Å². The van der Waals surface area contributed by atoms with Gasteiger partial charge in [0, 0.05) is 5.39 Å². The van der Waals surface area contributed by atoms with Gasteiger partial charge in [0.2, 0.25) is 5.88 Å². The Bertz CT molecular complexity index is 839. The van der Waals surface area contributed by atoms with Crippen LogP contribution in [0.5, 0.6) is 5.88 Å². The fourth-order valence-electron chi connectivity index (χ4n) is 2.23. The number of aromatic amines is 1. The van der Waals surface area contributed by atoms with Gasteiger partial charge in [0.15, 0.2) is 0 Å². The SMILES string of the molecule is N=NC(=O)c1ccccc1Nc1c(O)[nH]c2ccccc12. The van der Waals surface area contributed by atoms with Crippen LogP contribution in [-0.4, -0.2) is 16.0 Å². The molecule has 0 fully saturated rings. The van der Waals surface area contributed by atoms with Crippen LogP contribution in [0.4, 0.5) is 11.4 Å². The fraction of sp³-hybridized carbons (Fsp3) is 0. The summed E-state index contributed by atoms with van der Waals surface area (Å²) in [4.78, 5) is 14.5. The highest BCUT2D eigenvalue weighted by Crippen LogP contribution is 2.35. The number of rotatable bonds is 3. The minimum Gasteiger partial charge on any atom is -0.493 e. The molecule has 4 N–H and O–H groups in total. The molecule has 3 aromatic rings. The Hall–Kier alpha value is -3.15. The summed E-state index contributed by atoms with van der Waals surface area (Å²) in [5.41, 5.74) is 8.88. The first-order valence-electron chi connectivity index (χ1n) is 6.28. The van der Waals surface area contributed by atoms with Gasteiger partial charge in [0.05, 0.1) is 16.8 Å². The normalized spacial score (nSPS) is 10.5. The summed E-state index contributed by atoms with van der Waals surface area (Å²) in [6.45, 7) is 0. The van der Waals surface area contributed by atoms with Crippen molar-refractivity contribution < 1.29 is 9.90 Å². The topological polar surface area (TPSA) is 101 Å². The predicted molar refractivity (Wildman–Crippen MR) is 79.2 cm³/mol. The standard InChI is InChI=1S/C15H12N4O2/c16-19-14(20)10-6-2-4-8-12(10)17-13-9-5-1-3-7-11(9)18-15(13)21/h1-8,16-18,21H. The van der Waals surface area contributed by atoms with E-state index in [1.807, 2.05) is 24.3 Å². The number of para-hydroxylation sites is 2. The average molecular weight is 280 g/mol. The summed E-state index contributed by atoms with van der Waals surface area (Å²) in [6, 6.07) is 14.1. The van der Waals surface area contributed by atoms with Crippen molar-refractivity contribution in [3.05, 3.63) is 54.1 Å². The molecular formula is C15H12N4O2. The van der Waals surface area contributed by atoms with Crippen molar-refractivity contribution in [1.29, 1.82) is 5.53 Å². The lowest BCUT2D eigenvalue weighted by Crippen LogP contribution is -2.00. The Balaban J connectivity index is 2.09. The van der Waals surface area contributed by atoms with Crippen LogP contribution in [0.15, 0.2) is 53.6 Å². The van der Waals surface area contributed by atoms with Gasteiger partial charge in [-0.1, -0.05) is 30.3 Å². The zero-order chi connectivity index (χ0) is 14.8. The van der Waals surface area contributed by atoms with Gasteiger partial charge in [-0.25, -0.2) is 5.53 Å². The van der Waals surface area contributed by atoms with E-state index in [0.717, 1.165) is 10.9 Å². The maximum Gasteiger partial charge on any atom is 0.296 e. The molecule has 0 aliphatic rings. The zero-order valence-electron chi connectivity index (χ0n) is 10.9. The molecule has 3 rings (SSSR count). The number of aromatic nitrogens is 1. The number of H-pyrrole nitrogens is 1. The van der Waals surface area contributed by atoms with Crippen molar-refractivity contribution in [2.24, 2.45) is 5.11 Å². The number of fused-ring (bicyclic) bond motifs is 1. The Morgan fingerprint density at radius 1 is 1.14 bits per heavy atom. The number of hydrogen-bond acceptors (Lipinski definition) is 4. The molecule has 0 radical (unpaired) electrons. The first-order valence-corrected chi connectivity index (χ1v) is 6.28. The lowest BCUT2D eigenvalue weighted by molar-refractivity contribution is 0.0991. The van der Waals surface area contributed by atoms with Gasteiger partial charge in [0.25, 0.3) is 5.91 Å². The van der Waals surface area contributed by atoms with E-state index >= 15 is 0 Å². The Morgan fingerprint density at radius 2 is 1.86 bits per heavy atom. The van der Waals surface area contributed by atoms with Crippen molar-refractivity contribution in [3.8, 4) is 5.88 Å². The lowest BCUT2D eigenvalue weighted by Gasteiger charge is -2.09. The molecule has 1 amide bonds.